The number of nitrogens with zero attached hydrogens (tertiary/aromatic N) is 7. The third-order valence-electron chi connectivity index (χ3n) is 17.9. The zero-order valence-corrected chi connectivity index (χ0v) is 55.0. The van der Waals surface area contributed by atoms with E-state index in [1.54, 1.807) is 41.5 Å². The molecule has 4 fully saturated rings. The van der Waals surface area contributed by atoms with Gasteiger partial charge in [0.1, 0.15) is 65.6 Å². The molecule has 1 aromatic rings. The minimum Gasteiger partial charge on any atom is -0.458 e. The minimum absolute atomic E-state index is 0.0373. The van der Waals surface area contributed by atoms with Gasteiger partial charge in [0, 0.05) is 46.2 Å². The number of Topliss-reactive ketones (excluding diaryl/α,β-unsaturated/α-hetero) is 1. The van der Waals surface area contributed by atoms with E-state index in [0.29, 0.717) is 5.56 Å². The van der Waals surface area contributed by atoms with E-state index >= 15 is 9.59 Å². The van der Waals surface area contributed by atoms with Crippen LogP contribution in [0.2, 0.25) is 0 Å². The molecule has 1 aliphatic carbocycles. The number of likely N-dealkylation sites (N-methyl/N-ethyl adjacent to an activating group) is 4. The van der Waals surface area contributed by atoms with Crippen LogP contribution in [0.15, 0.2) is 21.3 Å². The van der Waals surface area contributed by atoms with Crippen molar-refractivity contribution in [2.75, 3.05) is 53.6 Å². The number of hydrogen-bond donors (Lipinski definition) is 7. The number of anilines is 1. The third kappa shape index (κ3) is 13.8. The molecule has 1 aromatic carbocycles. The molecule has 0 saturated carbocycles. The summed E-state index contributed by atoms with van der Waals surface area (Å²) in [5.41, 5.74) is 2.69. The fraction of sp³-hybridized carbons (Fsp3) is 0.597. The lowest BCUT2D eigenvalue weighted by atomic mass is 9.98. The number of rotatable bonds is 8. The normalized spacial score (nSPS) is 28.1. The van der Waals surface area contributed by atoms with Crippen LogP contribution in [-0.4, -0.2) is 248 Å². The standard InChI is InChI=1S/C62H84N12O19/c1-24(2)42-58(86)73-28(8)19-36(77)49(73)60(88)70(14)22-39(79)72(16)48(26(5)6)62(90)91-32(12)44(55(83)65-42)67-53(81)33-18-17-27(7)51-45(33)64-47-40(41(63)50(80)29(9)52(47)93-51)54(82)68-46-37(23-75)92-61(89)31(11)71(15)38(78)21-69(13)57(85)34-20-35(76)30(10)74(34)59(87)43(25(3)4)66-56(46)84/h17-18,24-26,28,30-32,34,36-37,42-44,46,48-49,75,77H,19-23,63H2,1-16H3,(H,65,83)(H,66,84)(H,67,81)(H,68,82)/t28-,30-,31+,32-,34+,36-,37+,42-,43-,44+,46+,48+,49+/m1/s1. The summed E-state index contributed by atoms with van der Waals surface area (Å²) < 4.78 is 17.9. The molecular weight excluding hydrogens is 1220 g/mol. The van der Waals surface area contributed by atoms with Crippen LogP contribution in [0.25, 0.3) is 22.6 Å². The number of carbonyl (C=O) groups is 13. The van der Waals surface area contributed by atoms with Gasteiger partial charge < -0.3 is 80.5 Å². The van der Waals surface area contributed by atoms with Crippen molar-refractivity contribution in [1.29, 1.82) is 0 Å². The molecule has 93 heavy (non-hydrogen) atoms. The number of ketones is 1. The lowest BCUT2D eigenvalue weighted by Crippen LogP contribution is -2.62. The van der Waals surface area contributed by atoms with Crippen molar-refractivity contribution in [2.24, 2.45) is 17.8 Å². The zero-order valence-electron chi connectivity index (χ0n) is 55.0. The quantitative estimate of drug-likeness (QED) is 0.0728. The number of cyclic esters (lactones) is 2. The third-order valence-corrected chi connectivity index (χ3v) is 17.9. The van der Waals surface area contributed by atoms with Gasteiger partial charge in [-0.3, -0.25) is 57.5 Å². The summed E-state index contributed by atoms with van der Waals surface area (Å²) in [5.74, 6) is -14.9. The Kier molecular flexibility index (Phi) is 21.5. The van der Waals surface area contributed by atoms with Crippen molar-refractivity contribution in [3.8, 4) is 11.5 Å². The number of aliphatic hydroxyl groups is 2. The molecule has 5 aliphatic heterocycles. The van der Waals surface area contributed by atoms with E-state index in [1.165, 1.54) is 81.9 Å². The number of hydrogen-bond acceptors (Lipinski definition) is 21. The molecule has 10 amide bonds. The topological polar surface area (TPSA) is 418 Å². The van der Waals surface area contributed by atoms with Crippen molar-refractivity contribution in [2.45, 2.75) is 175 Å². The summed E-state index contributed by atoms with van der Waals surface area (Å²) in [4.78, 5) is 212. The molecule has 8 N–H and O–H groups in total. The molecule has 7 rings (SSSR count). The summed E-state index contributed by atoms with van der Waals surface area (Å²) >= 11 is 0. The van der Waals surface area contributed by atoms with E-state index in [9.17, 15) is 67.7 Å². The molecule has 0 aromatic heterocycles. The van der Waals surface area contributed by atoms with Gasteiger partial charge in [0.05, 0.1) is 48.7 Å². The van der Waals surface area contributed by atoms with Gasteiger partial charge in [0.25, 0.3) is 11.8 Å². The average Bonchev–Trinajstić information content (AvgIpc) is 1.54. The highest BCUT2D eigenvalue weighted by Crippen LogP contribution is 2.36. The highest BCUT2D eigenvalue weighted by Gasteiger charge is 2.52. The summed E-state index contributed by atoms with van der Waals surface area (Å²) in [6.07, 6.45) is -5.48. The Morgan fingerprint density at radius 2 is 1.25 bits per heavy atom. The number of ether oxygens (including phenoxy) is 2. The van der Waals surface area contributed by atoms with Crippen molar-refractivity contribution >= 4 is 93.6 Å². The van der Waals surface area contributed by atoms with Crippen molar-refractivity contribution in [3.63, 3.8) is 0 Å². The van der Waals surface area contributed by atoms with Crippen molar-refractivity contribution in [3.05, 3.63) is 44.6 Å². The maximum absolute atomic E-state index is 15.2. The number of esters is 2. The van der Waals surface area contributed by atoms with Gasteiger partial charge in [-0.25, -0.2) is 14.6 Å². The number of carbonyl (C=O) groups excluding carboxylic acids is 13. The number of benzene rings is 2. The van der Waals surface area contributed by atoms with Crippen LogP contribution in [0.4, 0.5) is 5.69 Å². The molecule has 506 valence electrons. The molecule has 31 heteroatoms. The lowest BCUT2D eigenvalue weighted by Gasteiger charge is -2.37. The number of nitrogens with one attached hydrogen (secondary N) is 4. The number of amides is 10. The Balaban J connectivity index is 1.34. The second kappa shape index (κ2) is 28.0. The maximum Gasteiger partial charge on any atom is 0.329 e. The first-order chi connectivity index (χ1) is 43.4. The molecule has 31 nitrogen and oxygen atoms in total. The number of aryl methyl sites for hydroxylation is 1. The van der Waals surface area contributed by atoms with Crippen molar-refractivity contribution in [1.82, 2.24) is 55.7 Å². The molecule has 0 radical (unpaired) electrons. The second-order valence-electron chi connectivity index (χ2n) is 25.6. The van der Waals surface area contributed by atoms with Crippen LogP contribution >= 0.6 is 0 Å². The monoisotopic (exact) mass is 1300 g/mol. The van der Waals surface area contributed by atoms with Crippen LogP contribution < -0.4 is 32.4 Å². The fourth-order valence-corrected chi connectivity index (χ4v) is 12.2. The smallest absolute Gasteiger partial charge is 0.329 e. The van der Waals surface area contributed by atoms with Gasteiger partial charge >= 0.3 is 11.9 Å². The fourth-order valence-electron chi connectivity index (χ4n) is 12.2. The molecule has 4 saturated heterocycles. The van der Waals surface area contributed by atoms with E-state index in [4.69, 9.17) is 24.6 Å². The van der Waals surface area contributed by atoms with E-state index in [2.05, 4.69) is 21.3 Å². The molecule has 0 spiro atoms. The summed E-state index contributed by atoms with van der Waals surface area (Å²) in [7, 11) is 5.11. The lowest BCUT2D eigenvalue weighted by molar-refractivity contribution is -0.163. The van der Waals surface area contributed by atoms with Crippen LogP contribution in [0.3, 0.4) is 0 Å². The first-order valence-electron chi connectivity index (χ1n) is 30.6. The van der Waals surface area contributed by atoms with E-state index in [0.717, 1.165) is 29.4 Å². The number of nitrogen functional groups attached to an aromatic ring is 1. The van der Waals surface area contributed by atoms with Gasteiger partial charge in [-0.2, -0.15) is 0 Å². The molecule has 5 heterocycles. The Morgan fingerprint density at radius 1 is 0.699 bits per heavy atom. The van der Waals surface area contributed by atoms with Gasteiger partial charge in [0.2, 0.25) is 52.7 Å². The maximum atomic E-state index is 15.2. The average molecular weight is 1300 g/mol. The van der Waals surface area contributed by atoms with Gasteiger partial charge in [-0.15, -0.1) is 0 Å². The highest BCUT2D eigenvalue weighted by molar-refractivity contribution is 6.11. The number of aliphatic hydroxyl groups excluding tert-OH is 2. The molecule has 6 aliphatic rings. The Bertz CT molecular complexity index is 3590. The Morgan fingerprint density at radius 3 is 1.82 bits per heavy atom. The second-order valence-corrected chi connectivity index (χ2v) is 25.6. The Labute approximate surface area is 536 Å². The minimum atomic E-state index is -2.20. The number of aromatic nitrogens is 1. The van der Waals surface area contributed by atoms with Crippen LogP contribution in [-0.2, 0) is 62.2 Å². The van der Waals surface area contributed by atoms with Crippen molar-refractivity contribution < 1.29 is 86.4 Å². The zero-order chi connectivity index (χ0) is 69.6. The van der Waals surface area contributed by atoms with Gasteiger partial charge in [-0.1, -0.05) is 47.6 Å². The molecule has 0 bridgehead atoms. The van der Waals surface area contributed by atoms with E-state index < -0.39 is 222 Å². The van der Waals surface area contributed by atoms with E-state index in [-0.39, 0.29) is 34.4 Å². The molecule has 0 unspecified atom stereocenters. The highest BCUT2D eigenvalue weighted by atomic mass is 16.6. The van der Waals surface area contributed by atoms with Crippen LogP contribution in [0.1, 0.15) is 114 Å². The molecule has 13 atom stereocenters. The predicted octanol–water partition coefficient (Wildman–Crippen LogP) is -2.01. The predicted molar refractivity (Wildman–Crippen MR) is 329 cm³/mol. The summed E-state index contributed by atoms with van der Waals surface area (Å²) in [5, 5.41) is 32.4. The van der Waals surface area contributed by atoms with Crippen LogP contribution in [0, 0.1) is 31.6 Å². The first kappa shape index (κ1) is 71.3. The Hall–Kier alpha value is -9.13. The largest absolute Gasteiger partial charge is 0.458 e. The summed E-state index contributed by atoms with van der Waals surface area (Å²) in [6.45, 7) is 15.5. The van der Waals surface area contributed by atoms with E-state index in [1.807, 2.05) is 0 Å². The first-order valence-corrected chi connectivity index (χ1v) is 30.6. The molecular formula is C62H84N12O19. The summed E-state index contributed by atoms with van der Waals surface area (Å²) in [6, 6.07) is -12.0. The number of fused-ring (bicyclic) bond motifs is 4. The number of nitrogens with two attached hydrogens (primary N) is 1. The van der Waals surface area contributed by atoms with Crippen LogP contribution in [0.5, 0.6) is 0 Å². The van der Waals surface area contributed by atoms with Gasteiger partial charge in [0.15, 0.2) is 23.2 Å². The SMILES string of the molecule is Cc1c2oc3c(C)ccc(C(=O)N[C@@H]4C(=O)N[C@H](C(C)C)C(=O)N5[C@H](C)C[C@@H](O)[C@H]5C(=O)N(C)CC(=O)N(C)[C@@H](C(C)C)C(=O)O[C@@H]4C)c3nc-2c(C(=O)N[C@@H]2C(=O)N[C@H](C(C)C)C(=O)N3[C@H](C)C(=O)C[C@H]3C(=O)N(C)CC(=O)N(C)[C@@H](C)C(=O)O[C@H]2CO)c(N)c1=O. The van der Waals surface area contributed by atoms with Gasteiger partial charge in [-0.05, 0) is 77.3 Å².